The van der Waals surface area contributed by atoms with Crippen LogP contribution in [0.4, 0.5) is 5.69 Å². The Morgan fingerprint density at radius 2 is 2.00 bits per heavy atom. The second-order valence-corrected chi connectivity index (χ2v) is 3.44. The average molecular weight is 187 g/mol. The van der Waals surface area contributed by atoms with E-state index < -0.39 is 0 Å². The van der Waals surface area contributed by atoms with Crippen LogP contribution < -0.4 is 11.5 Å². The Labute approximate surface area is 82.7 Å². The first-order valence-corrected chi connectivity index (χ1v) is 4.59. The number of anilines is 1. The highest BCUT2D eigenvalue weighted by Crippen LogP contribution is 2.21. The molecule has 0 saturated heterocycles. The summed E-state index contributed by atoms with van der Waals surface area (Å²) in [7, 11) is 0. The van der Waals surface area contributed by atoms with Gasteiger partial charge >= 0.3 is 0 Å². The zero-order valence-electron chi connectivity index (χ0n) is 8.07. The Morgan fingerprint density at radius 1 is 1.29 bits per heavy atom. The molecule has 0 fully saturated rings. The molecule has 2 rings (SSSR count). The van der Waals surface area contributed by atoms with E-state index in [0.717, 1.165) is 22.3 Å². The van der Waals surface area contributed by atoms with E-state index in [-0.39, 0.29) is 6.04 Å². The molecule has 0 aliphatic rings. The number of nitrogens with zero attached hydrogens (tertiary/aromatic N) is 1. The van der Waals surface area contributed by atoms with Crippen LogP contribution in [0.5, 0.6) is 0 Å². The van der Waals surface area contributed by atoms with Crippen molar-refractivity contribution in [2.24, 2.45) is 5.73 Å². The molecule has 3 heteroatoms. The van der Waals surface area contributed by atoms with Gasteiger partial charge in [0.2, 0.25) is 0 Å². The van der Waals surface area contributed by atoms with Gasteiger partial charge in [0.25, 0.3) is 0 Å². The molecule has 1 aromatic heterocycles. The van der Waals surface area contributed by atoms with Crippen molar-refractivity contribution in [2.75, 3.05) is 5.73 Å². The molecule has 1 heterocycles. The molecule has 0 radical (unpaired) electrons. The van der Waals surface area contributed by atoms with Gasteiger partial charge in [0.15, 0.2) is 0 Å². The normalized spacial score (nSPS) is 13.0. The van der Waals surface area contributed by atoms with Crippen LogP contribution in [0.1, 0.15) is 18.7 Å². The lowest BCUT2D eigenvalue weighted by atomic mass is 10.1. The molecule has 14 heavy (non-hydrogen) atoms. The smallest absolute Gasteiger partial charge is 0.0726 e. The maximum atomic E-state index is 5.90. The predicted octanol–water partition coefficient (Wildman–Crippen LogP) is 1.84. The van der Waals surface area contributed by atoms with E-state index in [2.05, 4.69) is 4.98 Å². The second kappa shape index (κ2) is 3.27. The number of hydrogen-bond acceptors (Lipinski definition) is 3. The van der Waals surface area contributed by atoms with Gasteiger partial charge in [-0.1, -0.05) is 18.2 Å². The summed E-state index contributed by atoms with van der Waals surface area (Å²) >= 11 is 0. The Kier molecular flexibility index (Phi) is 2.09. The molecule has 1 atom stereocenters. The Bertz CT molecular complexity index is 463. The van der Waals surface area contributed by atoms with Crippen molar-refractivity contribution in [3.63, 3.8) is 0 Å². The van der Waals surface area contributed by atoms with E-state index in [1.165, 1.54) is 0 Å². The molecular formula is C11H13N3. The topological polar surface area (TPSA) is 64.9 Å². The van der Waals surface area contributed by atoms with Gasteiger partial charge in [-0.3, -0.25) is 4.98 Å². The summed E-state index contributed by atoms with van der Waals surface area (Å²) < 4.78 is 0. The van der Waals surface area contributed by atoms with Gasteiger partial charge in [-0.15, -0.1) is 0 Å². The van der Waals surface area contributed by atoms with Crippen LogP contribution in [-0.2, 0) is 0 Å². The first kappa shape index (κ1) is 8.97. The van der Waals surface area contributed by atoms with Crippen molar-refractivity contribution in [3.8, 4) is 0 Å². The third-order valence-corrected chi connectivity index (χ3v) is 2.23. The minimum atomic E-state index is -0.0816. The highest BCUT2D eigenvalue weighted by Gasteiger charge is 2.05. The summed E-state index contributed by atoms with van der Waals surface area (Å²) in [5.74, 6) is 0. The maximum Gasteiger partial charge on any atom is 0.0726 e. The minimum Gasteiger partial charge on any atom is -0.398 e. The fraction of sp³-hybridized carbons (Fsp3) is 0.182. The molecule has 1 aromatic carbocycles. The summed E-state index contributed by atoms with van der Waals surface area (Å²) in [4.78, 5) is 4.43. The highest BCUT2D eigenvalue weighted by molar-refractivity contribution is 5.90. The van der Waals surface area contributed by atoms with Crippen molar-refractivity contribution in [2.45, 2.75) is 13.0 Å². The zero-order valence-corrected chi connectivity index (χ0v) is 8.07. The van der Waals surface area contributed by atoms with Crippen molar-refractivity contribution in [1.82, 2.24) is 4.98 Å². The standard InChI is InChI=1S/C11H13N3/c1-7(12)11-6-9(13)8-4-2-3-5-10(8)14-11/h2-7H,12H2,1H3,(H2,13,14)/t7-/m0/s1. The van der Waals surface area contributed by atoms with Gasteiger partial charge in [0.05, 0.1) is 11.2 Å². The fourth-order valence-corrected chi connectivity index (χ4v) is 1.46. The summed E-state index contributed by atoms with van der Waals surface area (Å²) in [5, 5.41) is 0.983. The number of nitrogen functional groups attached to an aromatic ring is 1. The second-order valence-electron chi connectivity index (χ2n) is 3.44. The van der Waals surface area contributed by atoms with Crippen LogP contribution in [0.2, 0.25) is 0 Å². The molecule has 0 unspecified atom stereocenters. The van der Waals surface area contributed by atoms with E-state index in [0.29, 0.717) is 0 Å². The number of fused-ring (bicyclic) bond motifs is 1. The number of nitrogens with two attached hydrogens (primary N) is 2. The van der Waals surface area contributed by atoms with E-state index in [1.54, 1.807) is 0 Å². The summed E-state index contributed by atoms with van der Waals surface area (Å²) in [6, 6.07) is 9.56. The van der Waals surface area contributed by atoms with E-state index >= 15 is 0 Å². The summed E-state index contributed by atoms with van der Waals surface area (Å²) in [6.07, 6.45) is 0. The van der Waals surface area contributed by atoms with Gasteiger partial charge in [-0.05, 0) is 19.1 Å². The van der Waals surface area contributed by atoms with Crippen LogP contribution in [0, 0.1) is 0 Å². The zero-order chi connectivity index (χ0) is 10.1. The fourth-order valence-electron chi connectivity index (χ4n) is 1.46. The summed E-state index contributed by atoms with van der Waals surface area (Å²) in [6.45, 7) is 1.90. The largest absolute Gasteiger partial charge is 0.398 e. The van der Waals surface area contributed by atoms with Crippen molar-refractivity contribution in [1.29, 1.82) is 0 Å². The number of pyridine rings is 1. The molecule has 0 aliphatic heterocycles. The van der Waals surface area contributed by atoms with Gasteiger partial charge in [-0.25, -0.2) is 0 Å². The number of aromatic nitrogens is 1. The lowest BCUT2D eigenvalue weighted by molar-refractivity contribution is 0.787. The number of hydrogen-bond donors (Lipinski definition) is 2. The van der Waals surface area contributed by atoms with E-state index in [1.807, 2.05) is 37.3 Å². The molecule has 72 valence electrons. The van der Waals surface area contributed by atoms with Gasteiger partial charge in [0, 0.05) is 17.1 Å². The van der Waals surface area contributed by atoms with Crippen molar-refractivity contribution in [3.05, 3.63) is 36.0 Å². The van der Waals surface area contributed by atoms with E-state index in [9.17, 15) is 0 Å². The van der Waals surface area contributed by atoms with Crippen LogP contribution in [0.3, 0.4) is 0 Å². The SMILES string of the molecule is C[C@H](N)c1cc(N)c2ccccc2n1. The molecule has 0 spiro atoms. The maximum absolute atomic E-state index is 5.90. The molecule has 4 N–H and O–H groups in total. The average Bonchev–Trinajstić information content (AvgIpc) is 2.17. The number of rotatable bonds is 1. The predicted molar refractivity (Wildman–Crippen MR) is 58.8 cm³/mol. The molecule has 3 nitrogen and oxygen atoms in total. The molecule has 0 bridgehead atoms. The first-order chi connectivity index (χ1) is 6.68. The third-order valence-electron chi connectivity index (χ3n) is 2.23. The molecule has 0 aliphatic carbocycles. The molecular weight excluding hydrogens is 174 g/mol. The van der Waals surface area contributed by atoms with E-state index in [4.69, 9.17) is 11.5 Å². The lowest BCUT2D eigenvalue weighted by Gasteiger charge is -2.08. The molecule has 0 saturated carbocycles. The number of benzene rings is 1. The van der Waals surface area contributed by atoms with Crippen LogP contribution in [0.25, 0.3) is 10.9 Å². The van der Waals surface area contributed by atoms with Crippen molar-refractivity contribution < 1.29 is 0 Å². The summed E-state index contributed by atoms with van der Waals surface area (Å²) in [5.41, 5.74) is 14.1. The Balaban J connectivity index is 2.72. The van der Waals surface area contributed by atoms with Crippen LogP contribution in [0.15, 0.2) is 30.3 Å². The number of para-hydroxylation sites is 1. The van der Waals surface area contributed by atoms with Gasteiger partial charge < -0.3 is 11.5 Å². The molecule has 2 aromatic rings. The van der Waals surface area contributed by atoms with Crippen LogP contribution >= 0.6 is 0 Å². The quantitative estimate of drug-likeness (QED) is 0.715. The van der Waals surface area contributed by atoms with Gasteiger partial charge in [-0.2, -0.15) is 0 Å². The Morgan fingerprint density at radius 3 is 2.71 bits per heavy atom. The minimum absolute atomic E-state index is 0.0816. The van der Waals surface area contributed by atoms with Gasteiger partial charge in [0.1, 0.15) is 0 Å². The monoisotopic (exact) mass is 187 g/mol. The molecule has 0 amide bonds. The van der Waals surface area contributed by atoms with Crippen LogP contribution in [-0.4, -0.2) is 4.98 Å². The highest BCUT2D eigenvalue weighted by atomic mass is 14.8. The Hall–Kier alpha value is -1.61. The lowest BCUT2D eigenvalue weighted by Crippen LogP contribution is -2.08. The third kappa shape index (κ3) is 1.42. The van der Waals surface area contributed by atoms with Crippen molar-refractivity contribution >= 4 is 16.6 Å². The first-order valence-electron chi connectivity index (χ1n) is 4.59.